The van der Waals surface area contributed by atoms with Gasteiger partial charge in [-0.3, -0.25) is 4.72 Å². The molecule has 0 saturated heterocycles. The Morgan fingerprint density at radius 3 is 2.77 bits per heavy atom. The first-order valence-corrected chi connectivity index (χ1v) is 7.46. The second-order valence-corrected chi connectivity index (χ2v) is 5.94. The molecule has 1 aliphatic heterocycles. The smallest absolute Gasteiger partial charge is 0.423 e. The number of nitrogens with one attached hydrogen (secondary N) is 1. The third kappa shape index (κ3) is 2.70. The van der Waals surface area contributed by atoms with Crippen LogP contribution in [0.25, 0.3) is 0 Å². The molecule has 0 radical (unpaired) electrons. The molecule has 0 aliphatic carbocycles. The molecule has 0 spiro atoms. The van der Waals surface area contributed by atoms with Gasteiger partial charge < -0.3 is 15.4 Å². The van der Waals surface area contributed by atoms with E-state index in [4.69, 9.17) is 10.4 Å². The van der Waals surface area contributed by atoms with Crippen molar-refractivity contribution in [1.29, 1.82) is 0 Å². The number of hydrogen-bond acceptors (Lipinski definition) is 4. The number of fused-ring (bicyclic) bond motifs is 1. The van der Waals surface area contributed by atoms with Crippen molar-refractivity contribution >= 4 is 34.9 Å². The highest BCUT2D eigenvalue weighted by molar-refractivity contribution is 7.86. The van der Waals surface area contributed by atoms with Crippen molar-refractivity contribution in [2.45, 2.75) is 11.5 Å². The Morgan fingerprint density at radius 2 is 2.05 bits per heavy atom. The number of benzene rings is 2. The van der Waals surface area contributed by atoms with Crippen LogP contribution in [0, 0.1) is 11.6 Å². The molecule has 0 aromatic heterocycles. The van der Waals surface area contributed by atoms with Gasteiger partial charge >= 0.3 is 7.12 Å². The molecular weight excluding hydrogens is 313 g/mol. The fraction of sp³-hybridized carbons (Fsp3) is 0.0769. The summed E-state index contributed by atoms with van der Waals surface area (Å²) in [5, 5.41) is 9.60. The van der Waals surface area contributed by atoms with Gasteiger partial charge in [-0.2, -0.15) is 0 Å². The van der Waals surface area contributed by atoms with Gasteiger partial charge in [-0.25, -0.2) is 13.0 Å². The summed E-state index contributed by atoms with van der Waals surface area (Å²) >= 11 is 0. The van der Waals surface area contributed by atoms with E-state index in [1.54, 1.807) is 0 Å². The van der Waals surface area contributed by atoms with Gasteiger partial charge in [0.1, 0.15) is 11.6 Å². The van der Waals surface area contributed by atoms with E-state index in [1.165, 1.54) is 24.3 Å². The van der Waals surface area contributed by atoms with Crippen molar-refractivity contribution in [1.82, 2.24) is 0 Å². The Bertz CT molecular complexity index is 775. The predicted molar refractivity (Wildman–Crippen MR) is 79.6 cm³/mol. The molecule has 0 fully saturated rings. The lowest BCUT2D eigenvalue weighted by Gasteiger charge is -2.10. The van der Waals surface area contributed by atoms with Gasteiger partial charge in [0.05, 0.1) is 17.2 Å². The van der Waals surface area contributed by atoms with Crippen LogP contribution in [0.15, 0.2) is 35.2 Å². The standard InChI is InChI=1S/C13H11BF2N2O3S/c15-10-3-7-6-21-14(19)9(7)5-12(10)18-22(20)13-2-1-8(17)4-11(13)16/h1-5,18-19H,6,17H2. The van der Waals surface area contributed by atoms with Crippen LogP contribution < -0.4 is 15.9 Å². The first kappa shape index (κ1) is 15.0. The van der Waals surface area contributed by atoms with Gasteiger partial charge in [0.15, 0.2) is 11.0 Å². The SMILES string of the molecule is Nc1ccc(S(=O)Nc2cc3c(cc2F)COB3O)c(F)c1. The minimum Gasteiger partial charge on any atom is -0.423 e. The molecule has 3 rings (SSSR count). The second-order valence-electron chi connectivity index (χ2n) is 4.75. The van der Waals surface area contributed by atoms with Crippen LogP contribution in [-0.4, -0.2) is 16.4 Å². The average Bonchev–Trinajstić information content (AvgIpc) is 2.80. The van der Waals surface area contributed by atoms with Crippen LogP contribution in [0.2, 0.25) is 0 Å². The number of halogens is 2. The first-order valence-electron chi connectivity index (χ1n) is 6.31. The van der Waals surface area contributed by atoms with Gasteiger partial charge in [-0.1, -0.05) is 0 Å². The zero-order valence-corrected chi connectivity index (χ0v) is 12.0. The molecule has 4 N–H and O–H groups in total. The molecule has 0 amide bonds. The van der Waals surface area contributed by atoms with Crippen molar-refractivity contribution in [3.8, 4) is 0 Å². The molecule has 0 bridgehead atoms. The molecule has 22 heavy (non-hydrogen) atoms. The van der Waals surface area contributed by atoms with E-state index in [-0.39, 0.29) is 22.9 Å². The zero-order valence-electron chi connectivity index (χ0n) is 11.2. The fourth-order valence-electron chi connectivity index (χ4n) is 2.15. The summed E-state index contributed by atoms with van der Waals surface area (Å²) < 4.78 is 47.2. The molecule has 2 aromatic rings. The molecule has 1 aliphatic rings. The third-order valence-corrected chi connectivity index (χ3v) is 4.39. The van der Waals surface area contributed by atoms with Crippen molar-refractivity contribution < 1.29 is 22.7 Å². The van der Waals surface area contributed by atoms with Gasteiger partial charge in [-0.05, 0) is 41.4 Å². The molecule has 0 saturated carbocycles. The average molecular weight is 324 g/mol. The Morgan fingerprint density at radius 1 is 1.27 bits per heavy atom. The first-order chi connectivity index (χ1) is 10.5. The minimum absolute atomic E-state index is 0.101. The number of nitrogens with two attached hydrogens (primary N) is 1. The topological polar surface area (TPSA) is 84.6 Å². The van der Waals surface area contributed by atoms with E-state index in [0.29, 0.717) is 11.0 Å². The second kappa shape index (κ2) is 5.67. The maximum atomic E-state index is 14.0. The zero-order chi connectivity index (χ0) is 15.9. The minimum atomic E-state index is -2.02. The molecule has 114 valence electrons. The summed E-state index contributed by atoms with van der Waals surface area (Å²) in [5.41, 5.74) is 6.41. The number of rotatable bonds is 3. The molecule has 9 heteroatoms. The molecule has 1 heterocycles. The monoisotopic (exact) mass is 324 g/mol. The van der Waals surface area contributed by atoms with E-state index >= 15 is 0 Å². The van der Waals surface area contributed by atoms with Crippen LogP contribution >= 0.6 is 0 Å². The lowest BCUT2D eigenvalue weighted by Crippen LogP contribution is -2.28. The highest BCUT2D eigenvalue weighted by Crippen LogP contribution is 2.22. The van der Waals surface area contributed by atoms with Crippen molar-refractivity contribution in [2.24, 2.45) is 0 Å². The fourth-order valence-corrected chi connectivity index (χ4v) is 3.04. The Hall–Kier alpha value is -1.97. The summed E-state index contributed by atoms with van der Waals surface area (Å²) in [6, 6.07) is 6.18. The molecule has 1 atom stereocenters. The van der Waals surface area contributed by atoms with Crippen molar-refractivity contribution in [2.75, 3.05) is 10.5 Å². The molecule has 5 nitrogen and oxygen atoms in total. The molecule has 2 aromatic carbocycles. The predicted octanol–water partition coefficient (Wildman–Crippen LogP) is 0.899. The summed E-state index contributed by atoms with van der Waals surface area (Å²) in [6.07, 6.45) is 0. The lowest BCUT2D eigenvalue weighted by atomic mass is 9.79. The van der Waals surface area contributed by atoms with E-state index in [2.05, 4.69) is 4.72 Å². The van der Waals surface area contributed by atoms with Crippen LogP contribution in [0.3, 0.4) is 0 Å². The summed E-state index contributed by atoms with van der Waals surface area (Å²) in [4.78, 5) is -0.147. The number of anilines is 2. The maximum absolute atomic E-state index is 14.0. The van der Waals surface area contributed by atoms with E-state index in [9.17, 15) is 18.0 Å². The highest BCUT2D eigenvalue weighted by atomic mass is 32.2. The Labute approximate surface area is 127 Å². The van der Waals surface area contributed by atoms with E-state index in [1.807, 2.05) is 0 Å². The Kier molecular flexibility index (Phi) is 3.86. The molecular formula is C13H11BF2N2O3S. The summed E-state index contributed by atoms with van der Waals surface area (Å²) in [7, 11) is -3.17. The Balaban J connectivity index is 1.90. The normalized spacial score (nSPS) is 14.8. The number of hydrogen-bond donors (Lipinski definition) is 3. The van der Waals surface area contributed by atoms with Gasteiger partial charge in [0, 0.05) is 5.69 Å². The van der Waals surface area contributed by atoms with Crippen LogP contribution in [0.1, 0.15) is 5.56 Å². The van der Waals surface area contributed by atoms with Gasteiger partial charge in [0.2, 0.25) is 0 Å². The maximum Gasteiger partial charge on any atom is 0.491 e. The van der Waals surface area contributed by atoms with Crippen LogP contribution in [-0.2, 0) is 22.2 Å². The van der Waals surface area contributed by atoms with Gasteiger partial charge in [0.25, 0.3) is 0 Å². The lowest BCUT2D eigenvalue weighted by molar-refractivity contribution is 0.275. The van der Waals surface area contributed by atoms with Crippen molar-refractivity contribution in [3.05, 3.63) is 47.5 Å². The summed E-state index contributed by atoms with van der Waals surface area (Å²) in [6.45, 7) is 0.101. The quantitative estimate of drug-likeness (QED) is 0.578. The van der Waals surface area contributed by atoms with Gasteiger partial charge in [-0.15, -0.1) is 0 Å². The van der Waals surface area contributed by atoms with E-state index in [0.717, 1.165) is 6.07 Å². The number of nitrogen functional groups attached to an aromatic ring is 1. The van der Waals surface area contributed by atoms with Crippen LogP contribution in [0.5, 0.6) is 0 Å². The molecule has 1 unspecified atom stereocenters. The van der Waals surface area contributed by atoms with Crippen LogP contribution in [0.4, 0.5) is 20.2 Å². The van der Waals surface area contributed by atoms with E-state index < -0.39 is 29.7 Å². The third-order valence-electron chi connectivity index (χ3n) is 3.25. The highest BCUT2D eigenvalue weighted by Gasteiger charge is 2.29. The summed E-state index contributed by atoms with van der Waals surface area (Å²) in [5.74, 6) is -1.42. The van der Waals surface area contributed by atoms with Crippen molar-refractivity contribution in [3.63, 3.8) is 0 Å². The largest absolute Gasteiger partial charge is 0.491 e.